The van der Waals surface area contributed by atoms with E-state index in [1.54, 1.807) is 31.4 Å². The van der Waals surface area contributed by atoms with Gasteiger partial charge in [-0.2, -0.15) is 0 Å². The van der Waals surface area contributed by atoms with Crippen LogP contribution in [0.1, 0.15) is 0 Å². The second-order valence-corrected chi connectivity index (χ2v) is 5.96. The molecule has 8 nitrogen and oxygen atoms in total. The van der Waals surface area contributed by atoms with Gasteiger partial charge in [0.15, 0.2) is 17.2 Å². The van der Waals surface area contributed by atoms with Crippen LogP contribution in [0.15, 0.2) is 53.3 Å². The maximum atomic E-state index is 12.3. The van der Waals surface area contributed by atoms with Crippen molar-refractivity contribution >= 4 is 5.95 Å². The third-order valence-corrected chi connectivity index (χ3v) is 4.13. The van der Waals surface area contributed by atoms with Crippen molar-refractivity contribution in [2.75, 3.05) is 25.6 Å². The van der Waals surface area contributed by atoms with Crippen LogP contribution in [0.3, 0.4) is 0 Å². The molecule has 0 aliphatic carbocycles. The van der Waals surface area contributed by atoms with Gasteiger partial charge in [-0.25, -0.2) is 0 Å². The molecule has 2 aromatic carbocycles. The smallest absolute Gasteiger partial charge is 0.279 e. The standard InChI is InChI=1S/C19H18N4O4/c1-25-13-8-6-12(7-9-13)17-18(24)21-19(23-22-17)20-10-14-11-26-15-4-2-3-5-16(15)27-14/h2-9,14H,10-11H2,1H3,(H2,20,21,23,24). The number of para-hydroxylation sites is 2. The molecular formula is C19H18N4O4. The number of nitrogens with one attached hydrogen (secondary N) is 2. The molecule has 0 amide bonds. The highest BCUT2D eigenvalue weighted by molar-refractivity contribution is 5.58. The number of methoxy groups -OCH3 is 1. The molecule has 27 heavy (non-hydrogen) atoms. The lowest BCUT2D eigenvalue weighted by atomic mass is 10.1. The van der Waals surface area contributed by atoms with Gasteiger partial charge in [0.25, 0.3) is 5.56 Å². The van der Waals surface area contributed by atoms with Crippen LogP contribution in [0.2, 0.25) is 0 Å². The number of fused-ring (bicyclic) bond motifs is 1. The van der Waals surface area contributed by atoms with E-state index in [0.29, 0.717) is 30.2 Å². The van der Waals surface area contributed by atoms with Crippen molar-refractivity contribution in [3.63, 3.8) is 0 Å². The van der Waals surface area contributed by atoms with Crippen molar-refractivity contribution in [1.29, 1.82) is 0 Å². The van der Waals surface area contributed by atoms with Crippen molar-refractivity contribution in [3.05, 3.63) is 58.9 Å². The van der Waals surface area contributed by atoms with Gasteiger partial charge < -0.3 is 19.5 Å². The minimum absolute atomic E-state index is 0.202. The number of aromatic amines is 1. The molecule has 0 bridgehead atoms. The zero-order valence-electron chi connectivity index (χ0n) is 14.6. The van der Waals surface area contributed by atoms with Crippen LogP contribution >= 0.6 is 0 Å². The number of rotatable bonds is 5. The number of aromatic nitrogens is 3. The van der Waals surface area contributed by atoms with E-state index in [4.69, 9.17) is 14.2 Å². The van der Waals surface area contributed by atoms with E-state index in [2.05, 4.69) is 20.5 Å². The third-order valence-electron chi connectivity index (χ3n) is 4.13. The molecule has 1 aromatic heterocycles. The molecule has 0 radical (unpaired) electrons. The average molecular weight is 366 g/mol. The van der Waals surface area contributed by atoms with E-state index in [-0.39, 0.29) is 23.3 Å². The van der Waals surface area contributed by atoms with Crippen LogP contribution in [0, 0.1) is 0 Å². The van der Waals surface area contributed by atoms with E-state index in [0.717, 1.165) is 5.75 Å². The number of nitrogens with zero attached hydrogens (tertiary/aromatic N) is 2. The van der Waals surface area contributed by atoms with Gasteiger partial charge in [-0.1, -0.05) is 12.1 Å². The Kier molecular flexibility index (Phi) is 4.61. The summed E-state index contributed by atoms with van der Waals surface area (Å²) in [5.74, 6) is 2.41. The van der Waals surface area contributed by atoms with Gasteiger partial charge in [0.2, 0.25) is 5.95 Å². The topological polar surface area (TPSA) is 98.4 Å². The van der Waals surface area contributed by atoms with Crippen molar-refractivity contribution < 1.29 is 14.2 Å². The van der Waals surface area contributed by atoms with Gasteiger partial charge in [0, 0.05) is 5.56 Å². The van der Waals surface area contributed by atoms with Crippen molar-refractivity contribution in [2.24, 2.45) is 0 Å². The normalized spacial score (nSPS) is 15.2. The number of H-pyrrole nitrogens is 1. The molecule has 1 atom stereocenters. The van der Waals surface area contributed by atoms with E-state index in [1.807, 2.05) is 24.3 Å². The molecule has 2 N–H and O–H groups in total. The third kappa shape index (κ3) is 3.69. The molecule has 0 saturated heterocycles. The first kappa shape index (κ1) is 16.9. The molecule has 4 rings (SSSR count). The predicted octanol–water partition coefficient (Wildman–Crippen LogP) is 2.09. The summed E-state index contributed by atoms with van der Waals surface area (Å²) in [6, 6.07) is 14.5. The van der Waals surface area contributed by atoms with Crippen LogP contribution in [-0.4, -0.2) is 41.5 Å². The zero-order chi connectivity index (χ0) is 18.6. The number of anilines is 1. The number of benzene rings is 2. The summed E-state index contributed by atoms with van der Waals surface area (Å²) in [6.07, 6.45) is -0.202. The molecule has 3 aromatic rings. The molecular weight excluding hydrogens is 348 g/mol. The molecule has 1 aliphatic rings. The maximum Gasteiger partial charge on any atom is 0.279 e. The van der Waals surface area contributed by atoms with Gasteiger partial charge in [0.1, 0.15) is 18.5 Å². The average Bonchev–Trinajstić information content (AvgIpc) is 2.72. The fourth-order valence-electron chi connectivity index (χ4n) is 2.73. The Labute approximate surface area is 155 Å². The Morgan fingerprint density at radius 2 is 1.93 bits per heavy atom. The second kappa shape index (κ2) is 7.36. The van der Waals surface area contributed by atoms with Crippen LogP contribution in [0.5, 0.6) is 17.2 Å². The SMILES string of the molecule is COc1ccc(-c2nnc(NCC3COc4ccccc4O3)[nH]c2=O)cc1. The summed E-state index contributed by atoms with van der Waals surface area (Å²) in [5.41, 5.74) is 0.579. The first-order valence-electron chi connectivity index (χ1n) is 8.47. The molecule has 1 unspecified atom stereocenters. The van der Waals surface area contributed by atoms with Gasteiger partial charge in [-0.3, -0.25) is 9.78 Å². The van der Waals surface area contributed by atoms with E-state index in [1.165, 1.54) is 0 Å². The van der Waals surface area contributed by atoms with Crippen LogP contribution in [0.4, 0.5) is 5.95 Å². The summed E-state index contributed by atoms with van der Waals surface area (Å²) < 4.78 is 16.6. The predicted molar refractivity (Wildman–Crippen MR) is 99.5 cm³/mol. The van der Waals surface area contributed by atoms with Crippen molar-refractivity contribution in [3.8, 4) is 28.5 Å². The van der Waals surface area contributed by atoms with Gasteiger partial charge in [-0.15, -0.1) is 10.2 Å². The van der Waals surface area contributed by atoms with E-state index < -0.39 is 0 Å². The lowest BCUT2D eigenvalue weighted by Gasteiger charge is -2.26. The summed E-state index contributed by atoms with van der Waals surface area (Å²) in [6.45, 7) is 0.826. The van der Waals surface area contributed by atoms with Crippen LogP contribution in [0.25, 0.3) is 11.3 Å². The zero-order valence-corrected chi connectivity index (χ0v) is 14.6. The van der Waals surface area contributed by atoms with E-state index >= 15 is 0 Å². The van der Waals surface area contributed by atoms with Crippen molar-refractivity contribution in [2.45, 2.75) is 6.10 Å². The highest BCUT2D eigenvalue weighted by Crippen LogP contribution is 2.30. The Hall–Kier alpha value is -3.55. The Morgan fingerprint density at radius 1 is 1.15 bits per heavy atom. The Balaban J connectivity index is 1.42. The molecule has 0 spiro atoms. The van der Waals surface area contributed by atoms with Gasteiger partial charge in [0.05, 0.1) is 13.7 Å². The number of ether oxygens (including phenoxy) is 3. The number of hydrogen-bond acceptors (Lipinski definition) is 7. The van der Waals surface area contributed by atoms with Crippen LogP contribution < -0.4 is 25.1 Å². The highest BCUT2D eigenvalue weighted by Gasteiger charge is 2.20. The fourth-order valence-corrected chi connectivity index (χ4v) is 2.73. The summed E-state index contributed by atoms with van der Waals surface area (Å²) in [5, 5.41) is 11.1. The summed E-state index contributed by atoms with van der Waals surface area (Å²) in [7, 11) is 1.59. The summed E-state index contributed by atoms with van der Waals surface area (Å²) in [4.78, 5) is 15.0. The molecule has 138 valence electrons. The highest BCUT2D eigenvalue weighted by atomic mass is 16.6. The van der Waals surface area contributed by atoms with Gasteiger partial charge >= 0.3 is 0 Å². The first-order chi connectivity index (χ1) is 13.2. The Morgan fingerprint density at radius 3 is 2.67 bits per heavy atom. The quantitative estimate of drug-likeness (QED) is 0.713. The largest absolute Gasteiger partial charge is 0.497 e. The fraction of sp³-hybridized carbons (Fsp3) is 0.211. The summed E-state index contributed by atoms with van der Waals surface area (Å²) >= 11 is 0. The van der Waals surface area contributed by atoms with Gasteiger partial charge in [-0.05, 0) is 36.4 Å². The van der Waals surface area contributed by atoms with E-state index in [9.17, 15) is 4.79 Å². The minimum Gasteiger partial charge on any atom is -0.497 e. The molecule has 1 aliphatic heterocycles. The lowest BCUT2D eigenvalue weighted by molar-refractivity contribution is 0.0996. The molecule has 0 fully saturated rings. The first-order valence-corrected chi connectivity index (χ1v) is 8.47. The number of hydrogen-bond donors (Lipinski definition) is 2. The molecule has 8 heteroatoms. The monoisotopic (exact) mass is 366 g/mol. The molecule has 0 saturated carbocycles. The van der Waals surface area contributed by atoms with Crippen molar-refractivity contribution in [1.82, 2.24) is 15.2 Å². The lowest BCUT2D eigenvalue weighted by Crippen LogP contribution is -2.36. The maximum absolute atomic E-state index is 12.3. The second-order valence-electron chi connectivity index (χ2n) is 5.96. The minimum atomic E-state index is -0.330. The van der Waals surface area contributed by atoms with Crippen LogP contribution in [-0.2, 0) is 0 Å². The Bertz CT molecular complexity index is 987. The molecule has 2 heterocycles.